The quantitative estimate of drug-likeness (QED) is 0.722. The Morgan fingerprint density at radius 1 is 1.13 bits per heavy atom. The van der Waals surface area contributed by atoms with Crippen LogP contribution in [0.5, 0.6) is 0 Å². The fourth-order valence-electron chi connectivity index (χ4n) is 2.72. The fourth-order valence-corrected chi connectivity index (χ4v) is 2.72. The van der Waals surface area contributed by atoms with Crippen molar-refractivity contribution in [1.29, 1.82) is 0 Å². The molecule has 0 aliphatic rings. The van der Waals surface area contributed by atoms with E-state index in [4.69, 9.17) is 5.73 Å². The Bertz CT molecular complexity index is 888. The third-order valence-electron chi connectivity index (χ3n) is 3.95. The van der Waals surface area contributed by atoms with Gasteiger partial charge in [0.15, 0.2) is 0 Å². The molecule has 1 aromatic heterocycles. The van der Waals surface area contributed by atoms with Crippen LogP contribution >= 0.6 is 0 Å². The first-order valence-electron chi connectivity index (χ1n) is 7.51. The normalized spacial score (nSPS) is 10.8. The molecule has 0 atom stereocenters. The fraction of sp³-hybridized carbons (Fsp3) is 0.158. The Morgan fingerprint density at radius 2 is 1.91 bits per heavy atom. The van der Waals surface area contributed by atoms with Gasteiger partial charge in [-0.1, -0.05) is 29.8 Å². The number of benzene rings is 2. The number of rotatable bonds is 4. The molecule has 116 valence electrons. The van der Waals surface area contributed by atoms with Gasteiger partial charge in [-0.3, -0.25) is 4.98 Å². The topological polar surface area (TPSA) is 76.2 Å². The smallest absolute Gasteiger partial charge is 0.336 e. The van der Waals surface area contributed by atoms with Gasteiger partial charge in [0.1, 0.15) is 0 Å². The van der Waals surface area contributed by atoms with Gasteiger partial charge in [-0.25, -0.2) is 4.79 Å². The average molecular weight is 306 g/mol. The lowest BCUT2D eigenvalue weighted by Gasteiger charge is -2.09. The second-order valence-corrected chi connectivity index (χ2v) is 5.69. The summed E-state index contributed by atoms with van der Waals surface area (Å²) in [6.45, 7) is 1.94. The molecule has 3 aromatic rings. The average Bonchev–Trinajstić information content (AvgIpc) is 2.53. The van der Waals surface area contributed by atoms with Crippen molar-refractivity contribution in [1.82, 2.24) is 4.98 Å². The van der Waals surface area contributed by atoms with Crippen LogP contribution in [0.1, 0.15) is 27.2 Å². The molecule has 4 nitrogen and oxygen atoms in total. The van der Waals surface area contributed by atoms with E-state index in [1.54, 1.807) is 6.07 Å². The predicted molar refractivity (Wildman–Crippen MR) is 91.7 cm³/mol. The van der Waals surface area contributed by atoms with Crippen molar-refractivity contribution in [2.75, 3.05) is 5.73 Å². The number of fused-ring (bicyclic) bond motifs is 1. The van der Waals surface area contributed by atoms with Gasteiger partial charge in [0.05, 0.1) is 11.1 Å². The summed E-state index contributed by atoms with van der Waals surface area (Å²) in [6.07, 6.45) is 1.38. The number of carboxylic acids is 1. The lowest BCUT2D eigenvalue weighted by molar-refractivity contribution is 0.0699. The van der Waals surface area contributed by atoms with E-state index in [-0.39, 0.29) is 0 Å². The number of carbonyl (C=O) groups is 1. The molecule has 0 bridgehead atoms. The number of aryl methyl sites for hydroxylation is 3. The van der Waals surface area contributed by atoms with Gasteiger partial charge in [-0.2, -0.15) is 0 Å². The third-order valence-corrected chi connectivity index (χ3v) is 3.95. The van der Waals surface area contributed by atoms with Crippen LogP contribution in [0.2, 0.25) is 0 Å². The number of nitrogen functional groups attached to an aromatic ring is 1. The third kappa shape index (κ3) is 3.16. The Balaban J connectivity index is 1.97. The van der Waals surface area contributed by atoms with E-state index in [1.807, 2.05) is 49.4 Å². The zero-order valence-electron chi connectivity index (χ0n) is 12.9. The minimum atomic E-state index is -0.927. The van der Waals surface area contributed by atoms with Crippen molar-refractivity contribution in [2.45, 2.75) is 19.8 Å². The minimum Gasteiger partial charge on any atom is -0.478 e. The predicted octanol–water partition coefficient (Wildman–Crippen LogP) is 3.61. The Hall–Kier alpha value is -2.88. The van der Waals surface area contributed by atoms with Crippen molar-refractivity contribution in [3.05, 3.63) is 70.9 Å². The molecule has 0 aliphatic carbocycles. The number of para-hydroxylation sites is 1. The Morgan fingerprint density at radius 3 is 2.65 bits per heavy atom. The summed E-state index contributed by atoms with van der Waals surface area (Å²) < 4.78 is 0. The molecular formula is C19H18N2O2. The standard InChI is InChI=1S/C19H18N2O2/c1-12-6-9-18-15(10-12)16(19(22)23)11-14(21-18)8-7-13-4-2-3-5-17(13)20/h2-6,9-11H,7-8,20H2,1H3,(H,22,23). The van der Waals surface area contributed by atoms with Gasteiger partial charge in [-0.05, 0) is 49.6 Å². The summed E-state index contributed by atoms with van der Waals surface area (Å²) in [5.74, 6) is -0.927. The molecule has 0 unspecified atom stereocenters. The lowest BCUT2D eigenvalue weighted by atomic mass is 10.0. The number of nitrogens with two attached hydrogens (primary N) is 1. The summed E-state index contributed by atoms with van der Waals surface area (Å²) >= 11 is 0. The number of anilines is 1. The number of carboxylic acid groups (broad SMARTS) is 1. The first kappa shape index (κ1) is 15.0. The molecule has 0 saturated heterocycles. The van der Waals surface area contributed by atoms with Crippen LogP contribution in [0.25, 0.3) is 10.9 Å². The first-order chi connectivity index (χ1) is 11.0. The first-order valence-corrected chi connectivity index (χ1v) is 7.51. The zero-order chi connectivity index (χ0) is 16.4. The molecule has 4 heteroatoms. The SMILES string of the molecule is Cc1ccc2nc(CCc3ccccc3N)cc(C(=O)O)c2c1. The molecule has 1 heterocycles. The Labute approximate surface area is 134 Å². The van der Waals surface area contributed by atoms with Gasteiger partial charge in [0.25, 0.3) is 0 Å². The molecule has 3 rings (SSSR count). The van der Waals surface area contributed by atoms with Gasteiger partial charge in [-0.15, -0.1) is 0 Å². The van der Waals surface area contributed by atoms with Crippen molar-refractivity contribution in [3.8, 4) is 0 Å². The Kier molecular flexibility index (Phi) is 3.98. The highest BCUT2D eigenvalue weighted by molar-refractivity contribution is 6.02. The highest BCUT2D eigenvalue weighted by Gasteiger charge is 2.12. The zero-order valence-corrected chi connectivity index (χ0v) is 12.9. The second-order valence-electron chi connectivity index (χ2n) is 5.69. The van der Waals surface area contributed by atoms with E-state index in [9.17, 15) is 9.90 Å². The van der Waals surface area contributed by atoms with Crippen molar-refractivity contribution in [3.63, 3.8) is 0 Å². The second kappa shape index (κ2) is 6.08. The minimum absolute atomic E-state index is 0.301. The lowest BCUT2D eigenvalue weighted by Crippen LogP contribution is -2.04. The van der Waals surface area contributed by atoms with E-state index in [1.165, 1.54) is 0 Å². The summed E-state index contributed by atoms with van der Waals surface area (Å²) in [5, 5.41) is 10.2. The monoisotopic (exact) mass is 306 g/mol. The summed E-state index contributed by atoms with van der Waals surface area (Å²) in [7, 11) is 0. The molecule has 0 fully saturated rings. The van der Waals surface area contributed by atoms with E-state index < -0.39 is 5.97 Å². The van der Waals surface area contributed by atoms with Crippen molar-refractivity contribution < 1.29 is 9.90 Å². The van der Waals surface area contributed by atoms with Gasteiger partial charge in [0, 0.05) is 16.8 Å². The maximum Gasteiger partial charge on any atom is 0.336 e. The number of pyridine rings is 1. The highest BCUT2D eigenvalue weighted by atomic mass is 16.4. The molecule has 2 aromatic carbocycles. The maximum absolute atomic E-state index is 11.6. The molecular weight excluding hydrogens is 288 g/mol. The molecule has 3 N–H and O–H groups in total. The van der Waals surface area contributed by atoms with Crippen LogP contribution in [0, 0.1) is 6.92 Å². The van der Waals surface area contributed by atoms with E-state index in [0.29, 0.717) is 22.9 Å². The summed E-state index contributed by atoms with van der Waals surface area (Å²) in [6, 6.07) is 15.1. The van der Waals surface area contributed by atoms with Crippen LogP contribution in [-0.4, -0.2) is 16.1 Å². The van der Waals surface area contributed by atoms with E-state index in [0.717, 1.165) is 28.9 Å². The molecule has 23 heavy (non-hydrogen) atoms. The molecule has 0 amide bonds. The number of hydrogen-bond acceptors (Lipinski definition) is 3. The van der Waals surface area contributed by atoms with Crippen molar-refractivity contribution >= 4 is 22.6 Å². The van der Waals surface area contributed by atoms with Crippen LogP contribution < -0.4 is 5.73 Å². The van der Waals surface area contributed by atoms with E-state index in [2.05, 4.69) is 4.98 Å². The van der Waals surface area contributed by atoms with Gasteiger partial charge < -0.3 is 10.8 Å². The van der Waals surface area contributed by atoms with Crippen LogP contribution in [-0.2, 0) is 12.8 Å². The molecule has 0 spiro atoms. The molecule has 0 saturated carbocycles. The van der Waals surface area contributed by atoms with Crippen LogP contribution in [0.3, 0.4) is 0 Å². The number of aromatic nitrogens is 1. The van der Waals surface area contributed by atoms with Crippen LogP contribution in [0.15, 0.2) is 48.5 Å². The van der Waals surface area contributed by atoms with E-state index >= 15 is 0 Å². The highest BCUT2D eigenvalue weighted by Crippen LogP contribution is 2.21. The maximum atomic E-state index is 11.6. The van der Waals surface area contributed by atoms with Gasteiger partial charge in [0.2, 0.25) is 0 Å². The molecule has 0 aliphatic heterocycles. The number of hydrogen-bond donors (Lipinski definition) is 2. The molecule has 0 radical (unpaired) electrons. The summed E-state index contributed by atoms with van der Waals surface area (Å²) in [5.41, 5.74) is 10.6. The number of nitrogens with zero attached hydrogens (tertiary/aromatic N) is 1. The van der Waals surface area contributed by atoms with Gasteiger partial charge >= 0.3 is 5.97 Å². The summed E-state index contributed by atoms with van der Waals surface area (Å²) in [4.78, 5) is 16.2. The van der Waals surface area contributed by atoms with Crippen LogP contribution in [0.4, 0.5) is 5.69 Å². The van der Waals surface area contributed by atoms with Crippen molar-refractivity contribution in [2.24, 2.45) is 0 Å². The number of aromatic carboxylic acids is 1. The largest absolute Gasteiger partial charge is 0.478 e.